The molecule has 0 radical (unpaired) electrons. The summed E-state index contributed by atoms with van der Waals surface area (Å²) in [5, 5.41) is 0. The maximum absolute atomic E-state index is 12.6. The van der Waals surface area contributed by atoms with Gasteiger partial charge in [0, 0.05) is 12.5 Å². The number of hydrogen-bond acceptors (Lipinski definition) is 2. The Bertz CT molecular complexity index is 779. The van der Waals surface area contributed by atoms with Gasteiger partial charge < -0.3 is 0 Å². The summed E-state index contributed by atoms with van der Waals surface area (Å²) in [4.78, 5) is 24.3. The first-order chi connectivity index (χ1) is 13.7. The summed E-state index contributed by atoms with van der Waals surface area (Å²) in [5.41, 5.74) is 4.67. The van der Waals surface area contributed by atoms with Crippen molar-refractivity contribution in [2.45, 2.75) is 51.1 Å². The molecule has 4 saturated carbocycles. The van der Waals surface area contributed by atoms with Gasteiger partial charge in [0.05, 0.1) is 5.56 Å². The molecule has 5 rings (SSSR count). The fourth-order valence-electron chi connectivity index (χ4n) is 6.02. The first-order valence-electron chi connectivity index (χ1n) is 10.1. The molecule has 0 unspecified atom stereocenters. The molecule has 4 aliphatic rings. The summed E-state index contributed by atoms with van der Waals surface area (Å²) in [6.45, 7) is 0. The van der Waals surface area contributed by atoms with Crippen molar-refractivity contribution in [1.82, 2.24) is 10.9 Å². The molecule has 4 fully saturated rings. The second kappa shape index (κ2) is 7.50. The molecule has 4 bridgehead atoms. The number of rotatable bonds is 4. The highest BCUT2D eigenvalue weighted by Crippen LogP contribution is 2.61. The molecule has 0 spiro atoms. The lowest BCUT2D eigenvalue weighted by atomic mass is 9.49. The Morgan fingerprint density at radius 1 is 0.966 bits per heavy atom. The van der Waals surface area contributed by atoms with E-state index in [1.54, 1.807) is 0 Å². The molecule has 1 aromatic rings. The van der Waals surface area contributed by atoms with E-state index in [0.29, 0.717) is 12.0 Å². The lowest BCUT2D eigenvalue weighted by Gasteiger charge is -2.56. The summed E-state index contributed by atoms with van der Waals surface area (Å²) in [6, 6.07) is 4.51. The van der Waals surface area contributed by atoms with Crippen LogP contribution in [0.5, 0.6) is 0 Å². The number of alkyl halides is 3. The summed E-state index contributed by atoms with van der Waals surface area (Å²) in [5.74, 6) is 1.58. The van der Waals surface area contributed by atoms with E-state index in [0.717, 1.165) is 49.1 Å². The predicted molar refractivity (Wildman–Crippen MR) is 102 cm³/mol. The fourth-order valence-corrected chi connectivity index (χ4v) is 6.02. The predicted octanol–water partition coefficient (Wildman–Crippen LogP) is 4.47. The molecule has 2 N–H and O–H groups in total. The molecule has 0 saturated heterocycles. The van der Waals surface area contributed by atoms with E-state index in [2.05, 4.69) is 10.9 Å². The zero-order valence-electron chi connectivity index (χ0n) is 16.1. The van der Waals surface area contributed by atoms with Crippen molar-refractivity contribution >= 4 is 17.9 Å². The van der Waals surface area contributed by atoms with Crippen molar-refractivity contribution in [3.05, 3.63) is 41.5 Å². The van der Waals surface area contributed by atoms with Gasteiger partial charge in [0.15, 0.2) is 0 Å². The first kappa shape index (κ1) is 20.0. The van der Waals surface area contributed by atoms with E-state index in [1.807, 2.05) is 0 Å². The monoisotopic (exact) mass is 406 g/mol. The van der Waals surface area contributed by atoms with Crippen LogP contribution >= 0.6 is 0 Å². The number of halogens is 3. The quantitative estimate of drug-likeness (QED) is 0.573. The number of hydrogen-bond donors (Lipinski definition) is 2. The highest BCUT2D eigenvalue weighted by molar-refractivity contribution is 5.93. The average molecular weight is 406 g/mol. The zero-order valence-corrected chi connectivity index (χ0v) is 16.1. The lowest BCUT2D eigenvalue weighted by Crippen LogP contribution is -2.49. The van der Waals surface area contributed by atoms with Crippen LogP contribution in [0.1, 0.15) is 56.1 Å². The molecule has 0 atom stereocenters. The van der Waals surface area contributed by atoms with Crippen LogP contribution < -0.4 is 10.9 Å². The summed E-state index contributed by atoms with van der Waals surface area (Å²) in [7, 11) is 0. The van der Waals surface area contributed by atoms with Gasteiger partial charge in [0.25, 0.3) is 5.91 Å². The second-order valence-electron chi connectivity index (χ2n) is 9.08. The van der Waals surface area contributed by atoms with Gasteiger partial charge in [-0.05, 0) is 85.5 Å². The van der Waals surface area contributed by atoms with Gasteiger partial charge in [-0.1, -0.05) is 12.1 Å². The Hall–Kier alpha value is -2.31. The minimum atomic E-state index is -4.39. The Kier molecular flexibility index (Phi) is 5.17. The number of amides is 2. The zero-order chi connectivity index (χ0) is 20.6. The Morgan fingerprint density at radius 3 is 2.03 bits per heavy atom. The van der Waals surface area contributed by atoms with Gasteiger partial charge in [-0.3, -0.25) is 20.4 Å². The normalized spacial score (nSPS) is 30.5. The fraction of sp³-hybridized carbons (Fsp3) is 0.545. The number of carbonyl (C=O) groups excluding carboxylic acids is 2. The van der Waals surface area contributed by atoms with E-state index < -0.39 is 17.6 Å². The van der Waals surface area contributed by atoms with Gasteiger partial charge in [-0.25, -0.2) is 0 Å². The lowest BCUT2D eigenvalue weighted by molar-refractivity contribution is -0.137. The molecule has 7 heteroatoms. The molecular formula is C22H25F3N2O2. The molecule has 0 aromatic heterocycles. The molecule has 4 aliphatic carbocycles. The Morgan fingerprint density at radius 2 is 1.52 bits per heavy atom. The average Bonchev–Trinajstić information content (AvgIpc) is 2.63. The van der Waals surface area contributed by atoms with E-state index in [-0.39, 0.29) is 11.3 Å². The van der Waals surface area contributed by atoms with Crippen LogP contribution in [-0.2, 0) is 15.8 Å². The second-order valence-corrected chi connectivity index (χ2v) is 9.08. The molecule has 4 nitrogen and oxygen atoms in total. The molecule has 1 aromatic carbocycles. The summed E-state index contributed by atoms with van der Waals surface area (Å²) < 4.78 is 37.7. The molecule has 156 valence electrons. The maximum Gasteiger partial charge on any atom is 0.416 e. The van der Waals surface area contributed by atoms with Gasteiger partial charge in [-0.15, -0.1) is 0 Å². The molecule has 29 heavy (non-hydrogen) atoms. The van der Waals surface area contributed by atoms with Crippen LogP contribution in [-0.4, -0.2) is 11.8 Å². The standard InChI is InChI=1S/C22H25F3N2O2/c23-22(24,25)18-4-1-14(2-5-18)3-6-19(28)26-27-20(29)13-21-10-15-7-16(11-21)9-17(8-15)12-21/h1-6,15-17H,7-13H2,(H,26,28)(H,27,29)/b6-3+. The molecule has 0 heterocycles. The van der Waals surface area contributed by atoms with Gasteiger partial charge in [0.1, 0.15) is 0 Å². The number of benzene rings is 1. The van der Waals surface area contributed by atoms with E-state index in [1.165, 1.54) is 43.5 Å². The van der Waals surface area contributed by atoms with Gasteiger partial charge >= 0.3 is 6.18 Å². The third-order valence-corrected chi connectivity index (χ3v) is 6.69. The van der Waals surface area contributed by atoms with Crippen LogP contribution in [0.4, 0.5) is 13.2 Å². The van der Waals surface area contributed by atoms with Crippen LogP contribution in [0.15, 0.2) is 30.3 Å². The van der Waals surface area contributed by atoms with Crippen LogP contribution in [0.25, 0.3) is 6.08 Å². The van der Waals surface area contributed by atoms with E-state index in [4.69, 9.17) is 0 Å². The molecule has 0 aliphatic heterocycles. The smallest absolute Gasteiger partial charge is 0.273 e. The summed E-state index contributed by atoms with van der Waals surface area (Å²) >= 11 is 0. The third kappa shape index (κ3) is 4.65. The van der Waals surface area contributed by atoms with Crippen molar-refractivity contribution in [1.29, 1.82) is 0 Å². The highest BCUT2D eigenvalue weighted by Gasteiger charge is 2.51. The Labute approximate surface area is 167 Å². The molecular weight excluding hydrogens is 381 g/mol. The van der Waals surface area contributed by atoms with Crippen LogP contribution in [0.3, 0.4) is 0 Å². The van der Waals surface area contributed by atoms with Crippen molar-refractivity contribution < 1.29 is 22.8 Å². The number of hydrazine groups is 1. The van der Waals surface area contributed by atoms with Gasteiger partial charge in [0.2, 0.25) is 5.91 Å². The maximum atomic E-state index is 12.6. The highest BCUT2D eigenvalue weighted by atomic mass is 19.4. The van der Waals surface area contributed by atoms with Crippen molar-refractivity contribution in [2.75, 3.05) is 0 Å². The van der Waals surface area contributed by atoms with Crippen LogP contribution in [0.2, 0.25) is 0 Å². The van der Waals surface area contributed by atoms with Crippen molar-refractivity contribution in [3.8, 4) is 0 Å². The van der Waals surface area contributed by atoms with Crippen molar-refractivity contribution in [2.24, 2.45) is 23.2 Å². The summed E-state index contributed by atoms with van der Waals surface area (Å²) in [6.07, 6.45) is 5.94. The minimum Gasteiger partial charge on any atom is -0.273 e. The van der Waals surface area contributed by atoms with Crippen molar-refractivity contribution in [3.63, 3.8) is 0 Å². The minimum absolute atomic E-state index is 0.0969. The number of nitrogens with one attached hydrogen (secondary N) is 2. The SMILES string of the molecule is O=C(/C=C/c1ccc(C(F)(F)F)cc1)NNC(=O)CC12CC3CC(CC(C3)C1)C2. The van der Waals surface area contributed by atoms with Crippen LogP contribution in [0, 0.1) is 23.2 Å². The van der Waals surface area contributed by atoms with Gasteiger partial charge in [-0.2, -0.15) is 13.2 Å². The third-order valence-electron chi connectivity index (χ3n) is 6.69. The molecule has 2 amide bonds. The number of carbonyl (C=O) groups is 2. The Balaban J connectivity index is 1.25. The van der Waals surface area contributed by atoms with E-state index >= 15 is 0 Å². The van der Waals surface area contributed by atoms with E-state index in [9.17, 15) is 22.8 Å². The first-order valence-corrected chi connectivity index (χ1v) is 10.1. The largest absolute Gasteiger partial charge is 0.416 e. The topological polar surface area (TPSA) is 58.2 Å².